The molecule has 1 saturated heterocycles. The summed E-state index contributed by atoms with van der Waals surface area (Å²) in [4.78, 5) is 0. The summed E-state index contributed by atoms with van der Waals surface area (Å²) >= 11 is 1.97. The lowest BCUT2D eigenvalue weighted by Gasteiger charge is -2.33. The fourth-order valence-electron chi connectivity index (χ4n) is 2.65. The number of thioether (sulfide) groups is 1. The zero-order chi connectivity index (χ0) is 13.9. The van der Waals surface area contributed by atoms with Gasteiger partial charge in [0.2, 0.25) is 0 Å². The quantitative estimate of drug-likeness (QED) is 0.642. The number of ether oxygens (including phenoxy) is 2. The van der Waals surface area contributed by atoms with Crippen LogP contribution in [0.2, 0.25) is 0 Å². The molecule has 106 valence electrons. The predicted molar refractivity (Wildman–Crippen MR) is 79.7 cm³/mol. The Kier molecular flexibility index (Phi) is 4.60. The van der Waals surface area contributed by atoms with E-state index in [1.54, 1.807) is 14.2 Å². The van der Waals surface area contributed by atoms with Gasteiger partial charge < -0.3 is 9.47 Å². The van der Waals surface area contributed by atoms with Crippen molar-refractivity contribution in [2.45, 2.75) is 30.6 Å². The highest BCUT2D eigenvalue weighted by Gasteiger charge is 2.38. The van der Waals surface area contributed by atoms with E-state index in [0.717, 1.165) is 23.5 Å². The molecule has 1 aromatic rings. The van der Waals surface area contributed by atoms with Crippen LogP contribution in [0, 0.1) is 0 Å². The second-order valence-electron chi connectivity index (χ2n) is 5.01. The van der Waals surface area contributed by atoms with Crippen LogP contribution in [-0.2, 0) is 0 Å². The first-order valence-electron chi connectivity index (χ1n) is 6.46. The van der Waals surface area contributed by atoms with Gasteiger partial charge in [0.25, 0.3) is 0 Å². The Bertz CT molecular complexity index is 411. The maximum Gasteiger partial charge on any atom is 0.122 e. The van der Waals surface area contributed by atoms with Crippen LogP contribution in [0.25, 0.3) is 0 Å². The van der Waals surface area contributed by atoms with Crippen molar-refractivity contribution >= 4 is 11.8 Å². The first kappa shape index (κ1) is 14.5. The third kappa shape index (κ3) is 2.99. The van der Waals surface area contributed by atoms with Crippen molar-refractivity contribution in [1.29, 1.82) is 0 Å². The monoisotopic (exact) mass is 282 g/mol. The van der Waals surface area contributed by atoms with Crippen molar-refractivity contribution in [2.75, 3.05) is 20.0 Å². The molecule has 5 heteroatoms. The Labute approximate surface area is 119 Å². The van der Waals surface area contributed by atoms with E-state index in [9.17, 15) is 0 Å². The average molecular weight is 282 g/mol. The van der Waals surface area contributed by atoms with Gasteiger partial charge in [-0.2, -0.15) is 11.8 Å². The summed E-state index contributed by atoms with van der Waals surface area (Å²) in [6.45, 7) is 2.27. The number of hydrogen-bond donors (Lipinski definition) is 2. The van der Waals surface area contributed by atoms with Crippen LogP contribution < -0.4 is 20.7 Å². The molecular formula is C14H22N2O2S. The van der Waals surface area contributed by atoms with Gasteiger partial charge in [-0.25, -0.2) is 0 Å². The lowest BCUT2D eigenvalue weighted by Crippen LogP contribution is -2.41. The Balaban J connectivity index is 2.36. The van der Waals surface area contributed by atoms with Crippen LogP contribution in [0.3, 0.4) is 0 Å². The zero-order valence-electron chi connectivity index (χ0n) is 11.7. The Morgan fingerprint density at radius 3 is 2.32 bits per heavy atom. The predicted octanol–water partition coefficient (Wildman–Crippen LogP) is 2.49. The fraction of sp³-hybridized carbons (Fsp3) is 0.571. The molecule has 0 spiro atoms. The number of rotatable bonds is 5. The second kappa shape index (κ2) is 6.03. The van der Waals surface area contributed by atoms with Crippen molar-refractivity contribution in [3.05, 3.63) is 23.8 Å². The number of nitrogens with one attached hydrogen (secondary N) is 1. The molecule has 0 aliphatic carbocycles. The van der Waals surface area contributed by atoms with E-state index in [4.69, 9.17) is 15.3 Å². The van der Waals surface area contributed by atoms with E-state index in [-0.39, 0.29) is 10.8 Å². The summed E-state index contributed by atoms with van der Waals surface area (Å²) in [6, 6.07) is 6.01. The number of benzene rings is 1. The Morgan fingerprint density at radius 1 is 1.26 bits per heavy atom. The summed E-state index contributed by atoms with van der Waals surface area (Å²) in [6.07, 6.45) is 2.40. The number of hydrogen-bond acceptors (Lipinski definition) is 5. The van der Waals surface area contributed by atoms with Gasteiger partial charge in [-0.1, -0.05) is 0 Å². The molecule has 3 N–H and O–H groups in total. The minimum Gasteiger partial charge on any atom is -0.497 e. The van der Waals surface area contributed by atoms with Crippen molar-refractivity contribution in [3.63, 3.8) is 0 Å². The van der Waals surface area contributed by atoms with Gasteiger partial charge in [-0.15, -0.1) is 0 Å². The molecule has 2 unspecified atom stereocenters. The van der Waals surface area contributed by atoms with Crippen LogP contribution in [0.5, 0.6) is 11.5 Å². The molecular weight excluding hydrogens is 260 g/mol. The molecule has 4 nitrogen and oxygen atoms in total. The highest BCUT2D eigenvalue weighted by Crippen LogP contribution is 2.47. The smallest absolute Gasteiger partial charge is 0.122 e. The SMILES string of the molecule is COc1cc(OC)cc(C(NN)C2(C)CCCS2)c1. The molecule has 0 aromatic heterocycles. The van der Waals surface area contributed by atoms with Crippen molar-refractivity contribution in [2.24, 2.45) is 5.84 Å². The normalized spacial score (nSPS) is 24.2. The number of hydrazine groups is 1. The van der Waals surface area contributed by atoms with Crippen LogP contribution in [0.4, 0.5) is 0 Å². The standard InChI is InChI=1S/C14H22N2O2S/c1-14(5-4-6-19-14)13(16-15)10-7-11(17-2)9-12(8-10)18-3/h7-9,13,16H,4-6,15H2,1-3H3. The van der Waals surface area contributed by atoms with Crippen molar-refractivity contribution < 1.29 is 9.47 Å². The van der Waals surface area contributed by atoms with E-state index >= 15 is 0 Å². The van der Waals surface area contributed by atoms with Crippen molar-refractivity contribution in [1.82, 2.24) is 5.43 Å². The first-order chi connectivity index (χ1) is 9.12. The first-order valence-corrected chi connectivity index (χ1v) is 7.44. The Hall–Kier alpha value is -0.910. The lowest BCUT2D eigenvalue weighted by atomic mass is 9.90. The fourth-order valence-corrected chi connectivity index (χ4v) is 4.06. The zero-order valence-corrected chi connectivity index (χ0v) is 12.5. The highest BCUT2D eigenvalue weighted by atomic mass is 32.2. The average Bonchev–Trinajstić information content (AvgIpc) is 2.86. The lowest BCUT2D eigenvalue weighted by molar-refractivity contribution is 0.384. The minimum absolute atomic E-state index is 0.0870. The van der Waals surface area contributed by atoms with Crippen LogP contribution in [-0.4, -0.2) is 24.7 Å². The van der Waals surface area contributed by atoms with Gasteiger partial charge >= 0.3 is 0 Å². The molecule has 1 aliphatic heterocycles. The van der Waals surface area contributed by atoms with Crippen LogP contribution in [0.1, 0.15) is 31.4 Å². The summed E-state index contributed by atoms with van der Waals surface area (Å²) in [5.74, 6) is 8.58. The number of nitrogens with two attached hydrogens (primary N) is 1. The maximum absolute atomic E-state index is 5.81. The molecule has 2 rings (SSSR count). The molecule has 1 aromatic carbocycles. The van der Waals surface area contributed by atoms with Gasteiger partial charge in [0.1, 0.15) is 11.5 Å². The van der Waals surface area contributed by atoms with Gasteiger partial charge in [0.05, 0.1) is 20.3 Å². The molecule has 2 atom stereocenters. The molecule has 0 saturated carbocycles. The van der Waals surface area contributed by atoms with E-state index in [1.807, 2.05) is 30.0 Å². The molecule has 1 aliphatic rings. The molecule has 0 amide bonds. The molecule has 19 heavy (non-hydrogen) atoms. The van der Waals surface area contributed by atoms with E-state index in [0.29, 0.717) is 0 Å². The minimum atomic E-state index is 0.0870. The van der Waals surface area contributed by atoms with Gasteiger partial charge in [-0.05, 0) is 43.2 Å². The summed E-state index contributed by atoms with van der Waals surface area (Å²) < 4.78 is 10.8. The summed E-state index contributed by atoms with van der Waals surface area (Å²) in [7, 11) is 3.32. The van der Waals surface area contributed by atoms with Gasteiger partial charge in [0.15, 0.2) is 0 Å². The molecule has 1 heterocycles. The van der Waals surface area contributed by atoms with Gasteiger partial charge in [0, 0.05) is 10.8 Å². The van der Waals surface area contributed by atoms with E-state index in [2.05, 4.69) is 12.3 Å². The van der Waals surface area contributed by atoms with Crippen LogP contribution in [0.15, 0.2) is 18.2 Å². The topological polar surface area (TPSA) is 56.5 Å². The third-order valence-electron chi connectivity index (χ3n) is 3.73. The van der Waals surface area contributed by atoms with Gasteiger partial charge in [-0.3, -0.25) is 11.3 Å². The van der Waals surface area contributed by atoms with E-state index in [1.165, 1.54) is 12.2 Å². The maximum atomic E-state index is 5.81. The van der Waals surface area contributed by atoms with E-state index < -0.39 is 0 Å². The van der Waals surface area contributed by atoms with Crippen molar-refractivity contribution in [3.8, 4) is 11.5 Å². The van der Waals surface area contributed by atoms with Crippen LogP contribution >= 0.6 is 11.8 Å². The summed E-state index contributed by atoms with van der Waals surface area (Å²) in [5, 5.41) is 0. The Morgan fingerprint density at radius 2 is 1.89 bits per heavy atom. The number of methoxy groups -OCH3 is 2. The largest absolute Gasteiger partial charge is 0.497 e. The third-order valence-corrected chi connectivity index (χ3v) is 5.33. The molecule has 0 bridgehead atoms. The second-order valence-corrected chi connectivity index (χ2v) is 6.64. The molecule has 1 fully saturated rings. The highest BCUT2D eigenvalue weighted by molar-refractivity contribution is 8.00. The molecule has 0 radical (unpaired) electrons. The summed E-state index contributed by atoms with van der Waals surface area (Å²) in [5.41, 5.74) is 4.08.